The quantitative estimate of drug-likeness (QED) is 0.625. The molecule has 0 bridgehead atoms. The number of amides is 1. The Morgan fingerprint density at radius 3 is 2.35 bits per heavy atom. The Bertz CT molecular complexity index is 373. The number of rotatable bonds is 10. The molecule has 0 unspecified atom stereocenters. The molecule has 0 saturated carbocycles. The number of ether oxygens (including phenoxy) is 1. The predicted octanol–water partition coefficient (Wildman–Crippen LogP) is 4.77. The fraction of sp³-hybridized carbons (Fsp3) is 0.588. The number of benzene rings is 1. The molecule has 0 radical (unpaired) electrons. The largest absolute Gasteiger partial charge is 0.494 e. The molecular formula is C17H27NO2. The summed E-state index contributed by atoms with van der Waals surface area (Å²) >= 11 is 0. The lowest BCUT2D eigenvalue weighted by atomic mass is 10.1. The molecule has 0 aliphatic heterocycles. The lowest BCUT2D eigenvalue weighted by Crippen LogP contribution is -2.10. The van der Waals surface area contributed by atoms with Crippen molar-refractivity contribution in [3.05, 3.63) is 24.3 Å². The molecule has 20 heavy (non-hydrogen) atoms. The van der Waals surface area contributed by atoms with E-state index in [1.165, 1.54) is 19.3 Å². The summed E-state index contributed by atoms with van der Waals surface area (Å²) in [5, 5.41) is 2.92. The average Bonchev–Trinajstić information content (AvgIpc) is 2.46. The zero-order valence-electron chi connectivity index (χ0n) is 12.8. The van der Waals surface area contributed by atoms with Crippen LogP contribution in [0.1, 0.15) is 58.8 Å². The number of unbranched alkanes of at least 4 members (excludes halogenated alkanes) is 4. The van der Waals surface area contributed by atoms with Crippen molar-refractivity contribution in [2.75, 3.05) is 11.9 Å². The molecule has 0 aliphatic carbocycles. The first-order chi connectivity index (χ1) is 9.76. The van der Waals surface area contributed by atoms with Gasteiger partial charge in [0.15, 0.2) is 0 Å². The maximum absolute atomic E-state index is 11.8. The first kappa shape index (κ1) is 16.5. The molecule has 3 nitrogen and oxygen atoms in total. The van der Waals surface area contributed by atoms with Gasteiger partial charge in [0.1, 0.15) is 5.75 Å². The van der Waals surface area contributed by atoms with Crippen molar-refractivity contribution < 1.29 is 9.53 Å². The third kappa shape index (κ3) is 7.17. The standard InChI is InChI=1S/C17H27NO2/c1-3-5-6-7-8-9-17(19)18-15-10-12-16(13-11-15)20-14-4-2/h10-13H,3-9,14H2,1-2H3,(H,18,19). The molecule has 112 valence electrons. The molecule has 1 rings (SSSR count). The number of carbonyl (C=O) groups excluding carboxylic acids is 1. The molecule has 0 aromatic heterocycles. The Balaban J connectivity index is 2.24. The number of carbonyl (C=O) groups is 1. The zero-order chi connectivity index (χ0) is 14.6. The van der Waals surface area contributed by atoms with Crippen LogP contribution in [0.3, 0.4) is 0 Å². The highest BCUT2D eigenvalue weighted by atomic mass is 16.5. The first-order valence-corrected chi connectivity index (χ1v) is 7.79. The maximum atomic E-state index is 11.8. The van der Waals surface area contributed by atoms with Crippen LogP contribution < -0.4 is 10.1 Å². The Morgan fingerprint density at radius 1 is 1.00 bits per heavy atom. The monoisotopic (exact) mass is 277 g/mol. The van der Waals surface area contributed by atoms with Gasteiger partial charge >= 0.3 is 0 Å². The van der Waals surface area contributed by atoms with E-state index >= 15 is 0 Å². The zero-order valence-corrected chi connectivity index (χ0v) is 12.8. The highest BCUT2D eigenvalue weighted by molar-refractivity contribution is 5.90. The van der Waals surface area contributed by atoms with Crippen molar-refractivity contribution in [1.29, 1.82) is 0 Å². The van der Waals surface area contributed by atoms with Crippen LogP contribution in [-0.4, -0.2) is 12.5 Å². The van der Waals surface area contributed by atoms with Gasteiger partial charge in [0.05, 0.1) is 6.61 Å². The van der Waals surface area contributed by atoms with E-state index in [-0.39, 0.29) is 5.91 Å². The van der Waals surface area contributed by atoms with E-state index in [1.54, 1.807) is 0 Å². The van der Waals surface area contributed by atoms with Gasteiger partial charge in [0.25, 0.3) is 0 Å². The molecular weight excluding hydrogens is 250 g/mol. The summed E-state index contributed by atoms with van der Waals surface area (Å²) in [6.45, 7) is 5.00. The summed E-state index contributed by atoms with van der Waals surface area (Å²) < 4.78 is 5.50. The third-order valence-electron chi connectivity index (χ3n) is 3.12. The van der Waals surface area contributed by atoms with E-state index < -0.39 is 0 Å². The Labute approximate surface area is 122 Å². The van der Waals surface area contributed by atoms with Gasteiger partial charge in [-0.15, -0.1) is 0 Å². The molecule has 3 heteroatoms. The summed E-state index contributed by atoms with van der Waals surface area (Å²) in [7, 11) is 0. The van der Waals surface area contributed by atoms with Crippen molar-refractivity contribution >= 4 is 11.6 Å². The minimum atomic E-state index is 0.101. The fourth-order valence-electron chi connectivity index (χ4n) is 1.97. The van der Waals surface area contributed by atoms with Crippen LogP contribution in [0.2, 0.25) is 0 Å². The van der Waals surface area contributed by atoms with Crippen molar-refractivity contribution in [2.24, 2.45) is 0 Å². The van der Waals surface area contributed by atoms with Crippen LogP contribution in [-0.2, 0) is 4.79 Å². The van der Waals surface area contributed by atoms with Gasteiger partial charge in [-0.2, -0.15) is 0 Å². The molecule has 1 N–H and O–H groups in total. The average molecular weight is 277 g/mol. The van der Waals surface area contributed by atoms with E-state index in [0.29, 0.717) is 6.42 Å². The highest BCUT2D eigenvalue weighted by Gasteiger charge is 2.02. The van der Waals surface area contributed by atoms with Crippen LogP contribution in [0.15, 0.2) is 24.3 Å². The minimum Gasteiger partial charge on any atom is -0.494 e. The summed E-state index contributed by atoms with van der Waals surface area (Å²) in [4.78, 5) is 11.8. The minimum absolute atomic E-state index is 0.101. The second-order valence-electron chi connectivity index (χ2n) is 5.09. The SMILES string of the molecule is CCCCCCCC(=O)Nc1ccc(OCCC)cc1. The maximum Gasteiger partial charge on any atom is 0.224 e. The fourth-order valence-corrected chi connectivity index (χ4v) is 1.97. The smallest absolute Gasteiger partial charge is 0.224 e. The van der Waals surface area contributed by atoms with Crippen LogP contribution in [0.4, 0.5) is 5.69 Å². The van der Waals surface area contributed by atoms with Gasteiger partial charge in [0.2, 0.25) is 5.91 Å². The number of hydrogen-bond acceptors (Lipinski definition) is 2. The highest BCUT2D eigenvalue weighted by Crippen LogP contribution is 2.16. The molecule has 1 aromatic carbocycles. The molecule has 1 aromatic rings. The lowest BCUT2D eigenvalue weighted by molar-refractivity contribution is -0.116. The second-order valence-corrected chi connectivity index (χ2v) is 5.09. The van der Waals surface area contributed by atoms with E-state index in [9.17, 15) is 4.79 Å². The van der Waals surface area contributed by atoms with Crippen molar-refractivity contribution in [2.45, 2.75) is 58.8 Å². The van der Waals surface area contributed by atoms with Gasteiger partial charge in [-0.05, 0) is 37.1 Å². The van der Waals surface area contributed by atoms with E-state index in [2.05, 4.69) is 19.2 Å². The van der Waals surface area contributed by atoms with Crippen molar-refractivity contribution in [3.8, 4) is 5.75 Å². The summed E-state index contributed by atoms with van der Waals surface area (Å²) in [5.41, 5.74) is 0.840. The van der Waals surface area contributed by atoms with Crippen molar-refractivity contribution in [1.82, 2.24) is 0 Å². The van der Waals surface area contributed by atoms with Crippen LogP contribution in [0.25, 0.3) is 0 Å². The Hall–Kier alpha value is -1.51. The first-order valence-electron chi connectivity index (χ1n) is 7.79. The molecule has 0 saturated heterocycles. The predicted molar refractivity (Wildman–Crippen MR) is 84.2 cm³/mol. The van der Waals surface area contributed by atoms with Gasteiger partial charge < -0.3 is 10.1 Å². The van der Waals surface area contributed by atoms with Crippen LogP contribution >= 0.6 is 0 Å². The topological polar surface area (TPSA) is 38.3 Å². The van der Waals surface area contributed by atoms with Gasteiger partial charge in [-0.1, -0.05) is 39.5 Å². The Kier molecular flexibility index (Phi) is 8.52. The summed E-state index contributed by atoms with van der Waals surface area (Å²) in [5.74, 6) is 0.952. The van der Waals surface area contributed by atoms with Gasteiger partial charge in [-0.3, -0.25) is 4.79 Å². The summed E-state index contributed by atoms with van der Waals surface area (Å²) in [6.07, 6.45) is 7.45. The number of anilines is 1. The van der Waals surface area contributed by atoms with Crippen LogP contribution in [0, 0.1) is 0 Å². The number of nitrogens with one attached hydrogen (secondary N) is 1. The lowest BCUT2D eigenvalue weighted by Gasteiger charge is -2.07. The third-order valence-corrected chi connectivity index (χ3v) is 3.12. The molecule has 0 fully saturated rings. The molecule has 0 heterocycles. The van der Waals surface area contributed by atoms with E-state index in [1.807, 2.05) is 24.3 Å². The van der Waals surface area contributed by atoms with E-state index in [4.69, 9.17) is 4.74 Å². The molecule has 0 aliphatic rings. The van der Waals surface area contributed by atoms with E-state index in [0.717, 1.165) is 37.3 Å². The summed E-state index contributed by atoms with van der Waals surface area (Å²) in [6, 6.07) is 7.57. The normalized spacial score (nSPS) is 10.3. The second kappa shape index (κ2) is 10.3. The van der Waals surface area contributed by atoms with Gasteiger partial charge in [0, 0.05) is 12.1 Å². The number of hydrogen-bond donors (Lipinski definition) is 1. The van der Waals surface area contributed by atoms with Crippen molar-refractivity contribution in [3.63, 3.8) is 0 Å². The molecule has 0 spiro atoms. The molecule has 1 amide bonds. The Morgan fingerprint density at radius 2 is 1.70 bits per heavy atom. The molecule has 0 atom stereocenters. The van der Waals surface area contributed by atoms with Gasteiger partial charge in [-0.25, -0.2) is 0 Å². The van der Waals surface area contributed by atoms with Crippen LogP contribution in [0.5, 0.6) is 5.75 Å².